The first-order valence-corrected chi connectivity index (χ1v) is 7.10. The van der Waals surface area contributed by atoms with E-state index < -0.39 is 8.56 Å². The first-order chi connectivity index (χ1) is 5.33. The van der Waals surface area contributed by atoms with Gasteiger partial charge < -0.3 is 8.85 Å². The normalized spacial score (nSPS) is 17.5. The average Bonchev–Trinajstić information content (AvgIpc) is 1.84. The lowest BCUT2D eigenvalue weighted by Gasteiger charge is -2.33. The summed E-state index contributed by atoms with van der Waals surface area (Å²) in [6, 6.07) is 1.07. The molecule has 0 heterocycles. The van der Waals surface area contributed by atoms with Gasteiger partial charge in [0.05, 0.1) is 5.60 Å². The molecule has 12 heavy (non-hydrogen) atoms. The van der Waals surface area contributed by atoms with Gasteiger partial charge >= 0.3 is 8.56 Å². The van der Waals surface area contributed by atoms with Gasteiger partial charge in [-0.15, -0.1) is 0 Å². The standard InChI is InChI=1S/C9H22O2Si/c1-7-8-12(6,10-5)11-9(2,3)4/h7-8H2,1-6H3. The second-order valence-corrected chi connectivity index (χ2v) is 7.68. The van der Waals surface area contributed by atoms with Crippen molar-refractivity contribution in [2.45, 2.75) is 52.3 Å². The molecule has 1 unspecified atom stereocenters. The van der Waals surface area contributed by atoms with Crippen molar-refractivity contribution in [2.24, 2.45) is 0 Å². The molecule has 1 atom stereocenters. The van der Waals surface area contributed by atoms with Gasteiger partial charge in [-0.05, 0) is 33.4 Å². The molecule has 0 saturated heterocycles. The van der Waals surface area contributed by atoms with Gasteiger partial charge in [0.2, 0.25) is 0 Å². The number of hydrogen-bond donors (Lipinski definition) is 0. The molecular formula is C9H22O2Si. The Hall–Kier alpha value is 0.137. The minimum atomic E-state index is -1.86. The second-order valence-electron chi connectivity index (χ2n) is 4.30. The van der Waals surface area contributed by atoms with Crippen LogP contribution in [0, 0.1) is 0 Å². The topological polar surface area (TPSA) is 18.5 Å². The predicted molar refractivity (Wildman–Crippen MR) is 54.6 cm³/mol. The van der Waals surface area contributed by atoms with Crippen LogP contribution >= 0.6 is 0 Å². The lowest BCUT2D eigenvalue weighted by Crippen LogP contribution is -2.43. The van der Waals surface area contributed by atoms with Crippen LogP contribution in [0.5, 0.6) is 0 Å². The molecule has 2 nitrogen and oxygen atoms in total. The minimum Gasteiger partial charge on any atom is -0.398 e. The Morgan fingerprint density at radius 3 is 2.00 bits per heavy atom. The maximum Gasteiger partial charge on any atom is 0.335 e. The molecule has 0 aromatic heterocycles. The monoisotopic (exact) mass is 190 g/mol. The molecule has 0 aliphatic rings. The van der Waals surface area contributed by atoms with Crippen LogP contribution in [0.3, 0.4) is 0 Å². The Kier molecular flexibility index (Phi) is 4.44. The Balaban J connectivity index is 4.14. The molecule has 0 spiro atoms. The summed E-state index contributed by atoms with van der Waals surface area (Å²) in [5.41, 5.74) is -0.0772. The van der Waals surface area contributed by atoms with E-state index in [-0.39, 0.29) is 5.60 Å². The molecule has 74 valence electrons. The fourth-order valence-electron chi connectivity index (χ4n) is 1.30. The Labute approximate surface area is 77.5 Å². The van der Waals surface area contributed by atoms with Crippen molar-refractivity contribution in [1.29, 1.82) is 0 Å². The van der Waals surface area contributed by atoms with Crippen molar-refractivity contribution >= 4 is 8.56 Å². The van der Waals surface area contributed by atoms with E-state index in [0.29, 0.717) is 0 Å². The van der Waals surface area contributed by atoms with Crippen molar-refractivity contribution < 1.29 is 8.85 Å². The largest absolute Gasteiger partial charge is 0.398 e. The average molecular weight is 190 g/mol. The van der Waals surface area contributed by atoms with E-state index >= 15 is 0 Å². The van der Waals surface area contributed by atoms with Crippen molar-refractivity contribution in [1.82, 2.24) is 0 Å². The van der Waals surface area contributed by atoms with Crippen molar-refractivity contribution in [2.75, 3.05) is 7.11 Å². The Bertz CT molecular complexity index is 131. The van der Waals surface area contributed by atoms with Gasteiger partial charge in [0.1, 0.15) is 0 Å². The third kappa shape index (κ3) is 4.90. The zero-order chi connectivity index (χ0) is 9.83. The van der Waals surface area contributed by atoms with Gasteiger partial charge in [0.15, 0.2) is 0 Å². The van der Waals surface area contributed by atoms with Crippen LogP contribution < -0.4 is 0 Å². The third-order valence-electron chi connectivity index (χ3n) is 1.66. The highest BCUT2D eigenvalue weighted by atomic mass is 28.4. The summed E-state index contributed by atoms with van der Waals surface area (Å²) in [6.45, 7) is 10.5. The van der Waals surface area contributed by atoms with E-state index in [2.05, 4.69) is 34.2 Å². The molecule has 3 heteroatoms. The van der Waals surface area contributed by atoms with Crippen LogP contribution in [0.4, 0.5) is 0 Å². The highest BCUT2D eigenvalue weighted by Gasteiger charge is 2.33. The van der Waals surface area contributed by atoms with Crippen LogP contribution in [0.15, 0.2) is 0 Å². The molecule has 0 aliphatic carbocycles. The molecule has 0 aliphatic heterocycles. The summed E-state index contributed by atoms with van der Waals surface area (Å²) in [4.78, 5) is 0. The summed E-state index contributed by atoms with van der Waals surface area (Å²) in [6.07, 6.45) is 1.13. The zero-order valence-electron chi connectivity index (χ0n) is 9.23. The zero-order valence-corrected chi connectivity index (χ0v) is 10.2. The predicted octanol–water partition coefficient (Wildman–Crippen LogP) is 2.93. The van der Waals surface area contributed by atoms with Crippen molar-refractivity contribution in [3.63, 3.8) is 0 Å². The molecular weight excluding hydrogens is 168 g/mol. The summed E-state index contributed by atoms with van der Waals surface area (Å²) in [5.74, 6) is 0. The molecule has 0 amide bonds. The highest BCUT2D eigenvalue weighted by molar-refractivity contribution is 6.66. The third-order valence-corrected chi connectivity index (χ3v) is 4.97. The van der Waals surface area contributed by atoms with Crippen LogP contribution in [0.1, 0.15) is 34.1 Å². The SMILES string of the molecule is CCC[Si](C)(OC)OC(C)(C)C. The molecule has 0 rings (SSSR count). The highest BCUT2D eigenvalue weighted by Crippen LogP contribution is 2.21. The Morgan fingerprint density at radius 2 is 1.75 bits per heavy atom. The fourth-order valence-corrected chi connectivity index (χ4v) is 3.89. The van der Waals surface area contributed by atoms with Gasteiger partial charge in [-0.2, -0.15) is 0 Å². The Morgan fingerprint density at radius 1 is 1.25 bits per heavy atom. The first kappa shape index (κ1) is 12.1. The molecule has 0 N–H and O–H groups in total. The van der Waals surface area contributed by atoms with Gasteiger partial charge in [-0.1, -0.05) is 13.3 Å². The van der Waals surface area contributed by atoms with E-state index in [1.165, 1.54) is 0 Å². The van der Waals surface area contributed by atoms with Gasteiger partial charge in [-0.3, -0.25) is 0 Å². The van der Waals surface area contributed by atoms with Crippen LogP contribution in [0.2, 0.25) is 12.6 Å². The smallest absolute Gasteiger partial charge is 0.335 e. The van der Waals surface area contributed by atoms with Gasteiger partial charge in [0.25, 0.3) is 0 Å². The quantitative estimate of drug-likeness (QED) is 0.635. The van der Waals surface area contributed by atoms with E-state index in [1.54, 1.807) is 7.11 Å². The van der Waals surface area contributed by atoms with E-state index in [0.717, 1.165) is 12.5 Å². The number of rotatable bonds is 4. The minimum absolute atomic E-state index is 0.0772. The number of hydrogen-bond acceptors (Lipinski definition) is 2. The summed E-state index contributed by atoms with van der Waals surface area (Å²) in [5, 5.41) is 0. The van der Waals surface area contributed by atoms with Crippen molar-refractivity contribution in [3.8, 4) is 0 Å². The van der Waals surface area contributed by atoms with Crippen LogP contribution in [-0.4, -0.2) is 21.3 Å². The first-order valence-electron chi connectivity index (χ1n) is 4.58. The summed E-state index contributed by atoms with van der Waals surface area (Å²) < 4.78 is 11.4. The molecule has 0 aromatic carbocycles. The van der Waals surface area contributed by atoms with Crippen LogP contribution in [0.25, 0.3) is 0 Å². The molecule has 0 aromatic rings. The van der Waals surface area contributed by atoms with Crippen LogP contribution in [-0.2, 0) is 8.85 Å². The van der Waals surface area contributed by atoms with E-state index in [4.69, 9.17) is 8.85 Å². The molecule has 0 saturated carbocycles. The molecule has 0 fully saturated rings. The summed E-state index contributed by atoms with van der Waals surface area (Å²) in [7, 11) is -0.101. The van der Waals surface area contributed by atoms with E-state index in [9.17, 15) is 0 Å². The van der Waals surface area contributed by atoms with Gasteiger partial charge in [0, 0.05) is 7.11 Å². The lowest BCUT2D eigenvalue weighted by molar-refractivity contribution is 0.0761. The molecule has 0 radical (unpaired) electrons. The van der Waals surface area contributed by atoms with Gasteiger partial charge in [-0.25, -0.2) is 0 Å². The fraction of sp³-hybridized carbons (Fsp3) is 1.00. The maximum atomic E-state index is 5.93. The maximum absolute atomic E-state index is 5.93. The van der Waals surface area contributed by atoms with E-state index in [1.807, 2.05) is 0 Å². The lowest BCUT2D eigenvalue weighted by atomic mass is 10.2. The second kappa shape index (κ2) is 4.39. The summed E-state index contributed by atoms with van der Waals surface area (Å²) >= 11 is 0. The molecule has 0 bridgehead atoms. The van der Waals surface area contributed by atoms with Crippen molar-refractivity contribution in [3.05, 3.63) is 0 Å².